The molecule has 0 aliphatic rings. The van der Waals surface area contributed by atoms with Crippen molar-refractivity contribution >= 4 is 60.5 Å². The quantitative estimate of drug-likeness (QED) is 0.299. The molecule has 8 nitrogen and oxygen atoms in total. The van der Waals surface area contributed by atoms with Gasteiger partial charge in [0.2, 0.25) is 0 Å². The summed E-state index contributed by atoms with van der Waals surface area (Å²) in [5, 5.41) is 6.77. The summed E-state index contributed by atoms with van der Waals surface area (Å²) in [6.45, 7) is -1.03. The number of alkyl halides is 3. The van der Waals surface area contributed by atoms with Gasteiger partial charge in [-0.15, -0.1) is 10.2 Å². The molecule has 2 heterocycles. The van der Waals surface area contributed by atoms with Crippen molar-refractivity contribution in [1.82, 2.24) is 18.3 Å². The second kappa shape index (κ2) is 9.47. The maximum Gasteiger partial charge on any atom is 0.420 e. The summed E-state index contributed by atoms with van der Waals surface area (Å²) in [5.41, 5.74) is -1.93. The number of halogens is 6. The van der Waals surface area contributed by atoms with E-state index >= 15 is 0 Å². The minimum absolute atomic E-state index is 0.00528. The first-order chi connectivity index (χ1) is 16.7. The van der Waals surface area contributed by atoms with Crippen LogP contribution in [0.25, 0.3) is 5.65 Å². The smallest absolute Gasteiger partial charge is 0.283 e. The molecule has 190 valence electrons. The molecule has 0 bridgehead atoms. The molecule has 4 rings (SSSR count). The third-order valence-corrected chi connectivity index (χ3v) is 9.73. The van der Waals surface area contributed by atoms with E-state index in [0.717, 1.165) is 34.9 Å². The number of sulfonamides is 2. The van der Waals surface area contributed by atoms with Crippen LogP contribution in [0.5, 0.6) is 0 Å². The lowest BCUT2D eigenvalue weighted by Gasteiger charge is -2.22. The number of rotatable bonds is 6. The molecule has 0 amide bonds. The number of hydrogen-bond donors (Lipinski definition) is 0. The van der Waals surface area contributed by atoms with Crippen LogP contribution in [0.15, 0.2) is 70.6 Å². The molecule has 0 spiro atoms. The first-order valence-electron chi connectivity index (χ1n) is 9.61. The molecule has 0 aliphatic carbocycles. The Morgan fingerprint density at radius 1 is 0.806 bits per heavy atom. The Morgan fingerprint density at radius 2 is 1.33 bits per heavy atom. The summed E-state index contributed by atoms with van der Waals surface area (Å²) < 4.78 is 95.5. The van der Waals surface area contributed by atoms with E-state index in [1.165, 1.54) is 24.3 Å². The third kappa shape index (κ3) is 5.04. The molecular weight excluding hydrogens is 588 g/mol. The van der Waals surface area contributed by atoms with Gasteiger partial charge < -0.3 is 0 Å². The van der Waals surface area contributed by atoms with Gasteiger partial charge in [0.1, 0.15) is 5.56 Å². The fourth-order valence-corrected chi connectivity index (χ4v) is 7.59. The molecule has 0 unspecified atom stereocenters. The van der Waals surface area contributed by atoms with Crippen molar-refractivity contribution in [2.75, 3.05) is 0 Å². The molecule has 36 heavy (non-hydrogen) atoms. The van der Waals surface area contributed by atoms with Gasteiger partial charge in [0.05, 0.1) is 21.4 Å². The number of nitrogens with zero attached hydrogens (tertiary/aromatic N) is 4. The van der Waals surface area contributed by atoms with E-state index in [1.54, 1.807) is 0 Å². The third-order valence-electron chi connectivity index (χ3n) is 4.84. The van der Waals surface area contributed by atoms with E-state index in [0.29, 0.717) is 6.07 Å². The van der Waals surface area contributed by atoms with Gasteiger partial charge >= 0.3 is 6.18 Å². The summed E-state index contributed by atoms with van der Waals surface area (Å²) in [6, 6.07) is 10.2. The largest absolute Gasteiger partial charge is 0.420 e. The monoisotopic (exact) mass is 598 g/mol. The number of benzene rings is 2. The molecular formula is C20H12Cl3F3N4O4S2. The van der Waals surface area contributed by atoms with E-state index in [2.05, 4.69) is 10.2 Å². The van der Waals surface area contributed by atoms with Crippen molar-refractivity contribution in [2.24, 2.45) is 0 Å². The molecule has 0 saturated carbocycles. The minimum Gasteiger partial charge on any atom is -0.283 e. The topological polar surface area (TPSA) is 102 Å². The summed E-state index contributed by atoms with van der Waals surface area (Å²) in [5.74, 6) is -0.450. The predicted octanol–water partition coefficient (Wildman–Crippen LogP) is 5.29. The van der Waals surface area contributed by atoms with Crippen LogP contribution in [-0.4, -0.2) is 35.1 Å². The van der Waals surface area contributed by atoms with Gasteiger partial charge in [-0.05, 0) is 42.5 Å². The van der Waals surface area contributed by atoms with Crippen LogP contribution in [0.4, 0.5) is 13.2 Å². The van der Waals surface area contributed by atoms with Gasteiger partial charge in [-0.25, -0.2) is 16.8 Å². The van der Waals surface area contributed by atoms with Crippen LogP contribution < -0.4 is 0 Å². The Balaban J connectivity index is 1.94. The molecule has 0 saturated heterocycles. The zero-order valence-electron chi connectivity index (χ0n) is 17.5. The van der Waals surface area contributed by atoms with E-state index in [4.69, 9.17) is 34.8 Å². The van der Waals surface area contributed by atoms with Crippen molar-refractivity contribution < 1.29 is 30.0 Å². The van der Waals surface area contributed by atoms with Crippen molar-refractivity contribution in [1.29, 1.82) is 0 Å². The Hall–Kier alpha value is -2.42. The van der Waals surface area contributed by atoms with E-state index < -0.39 is 59.6 Å². The van der Waals surface area contributed by atoms with Gasteiger partial charge in [-0.1, -0.05) is 50.6 Å². The molecule has 2 aromatic carbocycles. The van der Waals surface area contributed by atoms with Crippen molar-refractivity contribution in [3.05, 3.63) is 87.2 Å². The summed E-state index contributed by atoms with van der Waals surface area (Å²) in [7, 11) is -9.71. The van der Waals surface area contributed by atoms with Crippen LogP contribution >= 0.6 is 34.8 Å². The summed E-state index contributed by atoms with van der Waals surface area (Å²) >= 11 is 17.7. The van der Waals surface area contributed by atoms with Crippen molar-refractivity contribution in [2.45, 2.75) is 22.5 Å². The SMILES string of the molecule is O=S(=O)(c1cccc(Cl)c1)N(Cc1nnc2c(C(F)(F)F)cc(Cl)cn12)S(=O)(=O)c1cccc(Cl)c1. The highest BCUT2D eigenvalue weighted by Gasteiger charge is 2.39. The Bertz CT molecular complexity index is 1620. The van der Waals surface area contributed by atoms with Gasteiger partial charge in [0.25, 0.3) is 20.0 Å². The Labute approximate surface area is 217 Å². The van der Waals surface area contributed by atoms with Crippen LogP contribution in [0.3, 0.4) is 0 Å². The number of hydrogen-bond acceptors (Lipinski definition) is 6. The van der Waals surface area contributed by atoms with Crippen LogP contribution in [0, 0.1) is 0 Å². The lowest BCUT2D eigenvalue weighted by molar-refractivity contribution is -0.136. The standard InChI is InChI=1S/C20H12Cl3F3N4O4S2/c21-12-3-1-5-15(7-12)35(31,32)30(36(33,34)16-6-2-4-13(22)8-16)11-18-27-28-19-17(20(24,25)26)9-14(23)10-29(18)19/h1-10H,11H2. The van der Waals surface area contributed by atoms with Gasteiger partial charge in [-0.3, -0.25) is 4.40 Å². The van der Waals surface area contributed by atoms with E-state index in [9.17, 15) is 30.0 Å². The predicted molar refractivity (Wildman–Crippen MR) is 126 cm³/mol. The van der Waals surface area contributed by atoms with Gasteiger partial charge in [0, 0.05) is 16.2 Å². The van der Waals surface area contributed by atoms with Crippen molar-refractivity contribution in [3.8, 4) is 0 Å². The molecule has 0 radical (unpaired) electrons. The van der Waals surface area contributed by atoms with Crippen LogP contribution in [0.2, 0.25) is 15.1 Å². The first-order valence-corrected chi connectivity index (χ1v) is 13.6. The maximum atomic E-state index is 13.5. The Kier molecular flexibility index (Phi) is 7.01. The van der Waals surface area contributed by atoms with Crippen LogP contribution in [-0.2, 0) is 32.8 Å². The molecule has 0 atom stereocenters. The molecule has 4 aromatic rings. The van der Waals surface area contributed by atoms with Gasteiger partial charge in [0.15, 0.2) is 11.5 Å². The average molecular weight is 600 g/mol. The lowest BCUT2D eigenvalue weighted by Crippen LogP contribution is -2.37. The Morgan fingerprint density at radius 3 is 1.81 bits per heavy atom. The normalized spacial score (nSPS) is 13.0. The lowest BCUT2D eigenvalue weighted by atomic mass is 10.2. The highest BCUT2D eigenvalue weighted by Crippen LogP contribution is 2.35. The maximum absolute atomic E-state index is 13.5. The highest BCUT2D eigenvalue weighted by molar-refractivity contribution is 8.04. The number of pyridine rings is 1. The van der Waals surface area contributed by atoms with E-state index in [-0.39, 0.29) is 18.8 Å². The molecule has 0 aliphatic heterocycles. The molecule has 0 N–H and O–H groups in total. The average Bonchev–Trinajstić information content (AvgIpc) is 3.18. The fraction of sp³-hybridized carbons (Fsp3) is 0.100. The molecule has 2 aromatic heterocycles. The number of fused-ring (bicyclic) bond motifs is 1. The highest BCUT2D eigenvalue weighted by atomic mass is 35.5. The minimum atomic E-state index is -4.87. The van der Waals surface area contributed by atoms with E-state index in [1.807, 2.05) is 0 Å². The molecule has 16 heteroatoms. The van der Waals surface area contributed by atoms with Crippen molar-refractivity contribution in [3.63, 3.8) is 0 Å². The zero-order chi connectivity index (χ0) is 26.5. The second-order valence-corrected chi connectivity index (χ2v) is 12.5. The van der Waals surface area contributed by atoms with Crippen LogP contribution in [0.1, 0.15) is 11.4 Å². The zero-order valence-corrected chi connectivity index (χ0v) is 21.4. The summed E-state index contributed by atoms with van der Waals surface area (Å²) in [6.07, 6.45) is -3.85. The summed E-state index contributed by atoms with van der Waals surface area (Å²) in [4.78, 5) is -0.966. The number of aromatic nitrogens is 3. The van der Waals surface area contributed by atoms with Gasteiger partial charge in [-0.2, -0.15) is 13.2 Å². The first kappa shape index (κ1) is 26.6. The second-order valence-electron chi connectivity index (χ2n) is 7.24. The fourth-order valence-electron chi connectivity index (χ4n) is 3.23. The molecule has 0 fully saturated rings.